The van der Waals surface area contributed by atoms with Gasteiger partial charge in [0.15, 0.2) is 0 Å². The van der Waals surface area contributed by atoms with Crippen LogP contribution in [0.15, 0.2) is 22.7 Å². The van der Waals surface area contributed by atoms with Crippen LogP contribution in [0.2, 0.25) is 0 Å². The number of halogens is 2. The lowest BCUT2D eigenvalue weighted by atomic mass is 10.0. The van der Waals surface area contributed by atoms with Gasteiger partial charge in [0.2, 0.25) is 0 Å². The molecule has 0 saturated heterocycles. The Morgan fingerprint density at radius 3 is 2.55 bits per heavy atom. The lowest BCUT2D eigenvalue weighted by Gasteiger charge is -2.35. The van der Waals surface area contributed by atoms with Crippen LogP contribution >= 0.6 is 15.9 Å². The Balaban J connectivity index is 2.19. The summed E-state index contributed by atoms with van der Waals surface area (Å²) in [6.45, 7) is 0.509. The van der Waals surface area contributed by atoms with Crippen molar-refractivity contribution in [2.45, 2.75) is 50.6 Å². The van der Waals surface area contributed by atoms with Crippen LogP contribution < -0.4 is 5.73 Å². The summed E-state index contributed by atoms with van der Waals surface area (Å²) in [6.07, 6.45) is 7.69. The molecule has 0 heterocycles. The van der Waals surface area contributed by atoms with E-state index in [0.717, 1.165) is 10.0 Å². The summed E-state index contributed by atoms with van der Waals surface area (Å²) in [4.78, 5) is 2.35. The third-order valence-corrected chi connectivity index (χ3v) is 5.15. The maximum absolute atomic E-state index is 13.5. The molecule has 1 aliphatic carbocycles. The number of hydrogen-bond acceptors (Lipinski definition) is 2. The molecule has 1 unspecified atom stereocenters. The highest BCUT2D eigenvalue weighted by molar-refractivity contribution is 9.10. The van der Waals surface area contributed by atoms with Gasteiger partial charge in [-0.1, -0.05) is 41.6 Å². The first kappa shape index (κ1) is 15.9. The van der Waals surface area contributed by atoms with Gasteiger partial charge in [0.05, 0.1) is 0 Å². The number of nitrogens with two attached hydrogens (primary N) is 1. The zero-order valence-corrected chi connectivity index (χ0v) is 13.7. The highest BCUT2D eigenvalue weighted by Crippen LogP contribution is 2.31. The van der Waals surface area contributed by atoms with Gasteiger partial charge in [-0.15, -0.1) is 0 Å². The molecular formula is C16H24BrFN2. The summed E-state index contributed by atoms with van der Waals surface area (Å²) in [6, 6.07) is 5.49. The van der Waals surface area contributed by atoms with Crippen molar-refractivity contribution in [1.29, 1.82) is 0 Å². The molecule has 1 saturated carbocycles. The van der Waals surface area contributed by atoms with Crippen LogP contribution in [0.1, 0.15) is 50.1 Å². The lowest BCUT2D eigenvalue weighted by molar-refractivity contribution is 0.160. The molecule has 0 spiro atoms. The SMILES string of the molecule is CN(C1CCCCCC1)C(CN)c1cc(F)ccc1Br. The molecule has 112 valence electrons. The van der Waals surface area contributed by atoms with Crippen molar-refractivity contribution in [3.05, 3.63) is 34.1 Å². The second-order valence-electron chi connectivity index (χ2n) is 5.73. The van der Waals surface area contributed by atoms with Gasteiger partial charge >= 0.3 is 0 Å². The molecule has 1 aromatic carbocycles. The van der Waals surface area contributed by atoms with E-state index in [9.17, 15) is 4.39 Å². The number of likely N-dealkylation sites (N-methyl/N-ethyl adjacent to an activating group) is 1. The Labute approximate surface area is 129 Å². The van der Waals surface area contributed by atoms with Gasteiger partial charge in [-0.2, -0.15) is 0 Å². The fourth-order valence-electron chi connectivity index (χ4n) is 3.20. The summed E-state index contributed by atoms with van der Waals surface area (Å²) in [7, 11) is 2.13. The normalized spacial score (nSPS) is 19.1. The molecule has 0 radical (unpaired) electrons. The molecule has 1 aromatic rings. The van der Waals surface area contributed by atoms with Crippen LogP contribution in [0, 0.1) is 5.82 Å². The monoisotopic (exact) mass is 342 g/mol. The van der Waals surface area contributed by atoms with Crippen molar-refractivity contribution in [3.8, 4) is 0 Å². The van der Waals surface area contributed by atoms with Gasteiger partial charge in [-0.05, 0) is 43.7 Å². The minimum absolute atomic E-state index is 0.0724. The van der Waals surface area contributed by atoms with Gasteiger partial charge < -0.3 is 5.73 Å². The highest BCUT2D eigenvalue weighted by atomic mass is 79.9. The minimum Gasteiger partial charge on any atom is -0.329 e. The maximum Gasteiger partial charge on any atom is 0.123 e. The molecule has 1 fully saturated rings. The molecule has 20 heavy (non-hydrogen) atoms. The van der Waals surface area contributed by atoms with Crippen LogP contribution in [0.5, 0.6) is 0 Å². The second-order valence-corrected chi connectivity index (χ2v) is 6.58. The summed E-state index contributed by atoms with van der Waals surface area (Å²) < 4.78 is 14.5. The molecule has 1 atom stereocenters. The highest BCUT2D eigenvalue weighted by Gasteiger charge is 2.25. The van der Waals surface area contributed by atoms with Crippen LogP contribution in [-0.2, 0) is 0 Å². The second kappa shape index (κ2) is 7.53. The number of hydrogen-bond donors (Lipinski definition) is 1. The summed E-state index contributed by atoms with van der Waals surface area (Å²) in [5.74, 6) is -0.198. The average Bonchev–Trinajstić information content (AvgIpc) is 2.72. The Morgan fingerprint density at radius 2 is 1.95 bits per heavy atom. The minimum atomic E-state index is -0.198. The van der Waals surface area contributed by atoms with Crippen LogP contribution in [0.4, 0.5) is 4.39 Å². The Morgan fingerprint density at radius 1 is 1.30 bits per heavy atom. The van der Waals surface area contributed by atoms with Gasteiger partial charge in [0.25, 0.3) is 0 Å². The van der Waals surface area contributed by atoms with E-state index in [1.165, 1.54) is 44.6 Å². The van der Waals surface area contributed by atoms with Crippen molar-refractivity contribution < 1.29 is 4.39 Å². The largest absolute Gasteiger partial charge is 0.329 e. The van der Waals surface area contributed by atoms with Gasteiger partial charge in [-0.25, -0.2) is 4.39 Å². The number of rotatable bonds is 4. The van der Waals surface area contributed by atoms with E-state index in [2.05, 4.69) is 27.9 Å². The van der Waals surface area contributed by atoms with Crippen molar-refractivity contribution in [2.24, 2.45) is 5.73 Å². The molecule has 2 N–H and O–H groups in total. The molecule has 2 rings (SSSR count). The molecule has 4 heteroatoms. The van der Waals surface area contributed by atoms with E-state index >= 15 is 0 Å². The third kappa shape index (κ3) is 3.80. The predicted octanol–water partition coefficient (Wildman–Crippen LogP) is 4.24. The lowest BCUT2D eigenvalue weighted by Crippen LogP contribution is -2.38. The standard InChI is InChI=1S/C16H24BrFN2/c1-20(13-6-4-2-3-5-7-13)16(11-19)14-10-12(18)8-9-15(14)17/h8-10,13,16H,2-7,11,19H2,1H3. The van der Waals surface area contributed by atoms with Crippen LogP contribution in [-0.4, -0.2) is 24.5 Å². The smallest absolute Gasteiger partial charge is 0.123 e. The summed E-state index contributed by atoms with van der Waals surface area (Å²) in [5.41, 5.74) is 6.94. The molecule has 2 nitrogen and oxygen atoms in total. The van der Waals surface area contributed by atoms with E-state index < -0.39 is 0 Å². The van der Waals surface area contributed by atoms with Crippen molar-refractivity contribution in [1.82, 2.24) is 4.90 Å². The molecule has 0 bridgehead atoms. The Hall–Kier alpha value is -0.450. The number of benzene rings is 1. The first-order chi connectivity index (χ1) is 9.63. The first-order valence-corrected chi connectivity index (χ1v) is 8.29. The van der Waals surface area contributed by atoms with E-state index in [-0.39, 0.29) is 11.9 Å². The third-order valence-electron chi connectivity index (χ3n) is 4.43. The van der Waals surface area contributed by atoms with Gasteiger partial charge in [-0.3, -0.25) is 4.90 Å². The molecule has 0 aromatic heterocycles. The van der Waals surface area contributed by atoms with E-state index in [0.29, 0.717) is 12.6 Å². The van der Waals surface area contributed by atoms with Crippen molar-refractivity contribution in [3.63, 3.8) is 0 Å². The van der Waals surface area contributed by atoms with E-state index in [1.807, 2.05) is 0 Å². The van der Waals surface area contributed by atoms with E-state index in [4.69, 9.17) is 5.73 Å². The fourth-order valence-corrected chi connectivity index (χ4v) is 3.71. The maximum atomic E-state index is 13.5. The van der Waals surface area contributed by atoms with Crippen LogP contribution in [0.25, 0.3) is 0 Å². The molecular weight excluding hydrogens is 319 g/mol. The fraction of sp³-hybridized carbons (Fsp3) is 0.625. The average molecular weight is 343 g/mol. The zero-order chi connectivity index (χ0) is 14.5. The molecule has 0 aliphatic heterocycles. The van der Waals surface area contributed by atoms with Crippen molar-refractivity contribution in [2.75, 3.05) is 13.6 Å². The quantitative estimate of drug-likeness (QED) is 0.829. The zero-order valence-electron chi connectivity index (χ0n) is 12.1. The topological polar surface area (TPSA) is 29.3 Å². The molecule has 1 aliphatic rings. The Kier molecular flexibility index (Phi) is 6.00. The van der Waals surface area contributed by atoms with Gasteiger partial charge in [0, 0.05) is 23.1 Å². The predicted molar refractivity (Wildman–Crippen MR) is 85.1 cm³/mol. The Bertz CT molecular complexity index is 430. The van der Waals surface area contributed by atoms with Gasteiger partial charge in [0.1, 0.15) is 5.82 Å². The summed E-state index contributed by atoms with van der Waals surface area (Å²) in [5, 5.41) is 0. The number of nitrogens with zero attached hydrogens (tertiary/aromatic N) is 1. The van der Waals surface area contributed by atoms with Crippen molar-refractivity contribution >= 4 is 15.9 Å². The summed E-state index contributed by atoms with van der Waals surface area (Å²) >= 11 is 3.53. The van der Waals surface area contributed by atoms with E-state index in [1.54, 1.807) is 12.1 Å². The van der Waals surface area contributed by atoms with Crippen LogP contribution in [0.3, 0.4) is 0 Å². The first-order valence-electron chi connectivity index (χ1n) is 7.50. The molecule has 0 amide bonds.